The minimum absolute atomic E-state index is 0. The van der Waals surface area contributed by atoms with E-state index in [0.717, 1.165) is 33.2 Å². The Labute approximate surface area is 192 Å². The number of aliphatic hydroxyl groups is 1. The first-order chi connectivity index (χ1) is 14.2. The number of benzene rings is 2. The molecule has 4 rings (SSSR count). The summed E-state index contributed by atoms with van der Waals surface area (Å²) in [6.45, 7) is 9.47. The van der Waals surface area contributed by atoms with Crippen LogP contribution in [-0.2, 0) is 26.7 Å². The van der Waals surface area contributed by atoms with Crippen LogP contribution < -0.4 is 0 Å². The molecule has 1 N–H and O–H groups in total. The van der Waals surface area contributed by atoms with Crippen molar-refractivity contribution in [1.29, 1.82) is 0 Å². The number of aliphatic hydroxyl groups excluding tert-OH is 1. The molecular formula is C26H26NNiO3-. The summed E-state index contributed by atoms with van der Waals surface area (Å²) >= 11 is 0. The molecule has 0 saturated heterocycles. The van der Waals surface area contributed by atoms with Gasteiger partial charge in [0.15, 0.2) is 5.78 Å². The minimum Gasteiger partial charge on any atom is -0.512 e. The monoisotopic (exact) mass is 458 g/mol. The number of para-hydroxylation sites is 1. The van der Waals surface area contributed by atoms with E-state index >= 15 is 0 Å². The van der Waals surface area contributed by atoms with Crippen LogP contribution in [0.5, 0.6) is 0 Å². The quantitative estimate of drug-likeness (QED) is 0.155. The standard InChI is InChI=1S/C21H18NO.C5H8O2.Ni/c1-21(2,3)14-11-12-22-18(13-14)17-9-6-8-16-15-7-4-5-10-19(15)23-20(16)17;1-4(6)3-5(2)7;/h4-8,10-13H,1-3H3;3,6H,1-2H3;/q-1;;/b;4-3-;. The zero-order chi connectivity index (χ0) is 21.9. The molecule has 31 heavy (non-hydrogen) atoms. The van der Waals surface area contributed by atoms with Gasteiger partial charge in [0.1, 0.15) is 5.58 Å². The Morgan fingerprint density at radius 2 is 1.81 bits per heavy atom. The molecule has 0 spiro atoms. The second-order valence-corrected chi connectivity index (χ2v) is 8.27. The van der Waals surface area contributed by atoms with Gasteiger partial charge < -0.3 is 14.5 Å². The maximum Gasteiger partial charge on any atom is 0.155 e. The van der Waals surface area contributed by atoms with Crippen molar-refractivity contribution >= 4 is 27.7 Å². The zero-order valence-corrected chi connectivity index (χ0v) is 19.3. The SMILES string of the molecule is CC(=O)/C=C(/C)O.CC(C)(C)c1ccnc(-c2[c-]ccc3c2oc2ccccc23)c1.[Ni]. The molecule has 0 saturated carbocycles. The molecule has 0 aliphatic rings. The third-order valence-corrected chi connectivity index (χ3v) is 4.63. The van der Waals surface area contributed by atoms with Crippen LogP contribution >= 0.6 is 0 Å². The molecule has 0 unspecified atom stereocenters. The molecule has 2 heterocycles. The number of nitrogens with zero attached hydrogens (tertiary/aromatic N) is 1. The molecule has 0 radical (unpaired) electrons. The number of fused-ring (bicyclic) bond motifs is 3. The van der Waals surface area contributed by atoms with E-state index < -0.39 is 0 Å². The molecule has 0 atom stereocenters. The van der Waals surface area contributed by atoms with Crippen LogP contribution in [0.15, 0.2) is 71.0 Å². The second kappa shape index (κ2) is 9.93. The number of hydrogen-bond donors (Lipinski definition) is 1. The fourth-order valence-electron chi connectivity index (χ4n) is 3.21. The normalized spacial score (nSPS) is 11.6. The van der Waals surface area contributed by atoms with Crippen LogP contribution in [-0.4, -0.2) is 15.9 Å². The molecule has 0 aliphatic carbocycles. The van der Waals surface area contributed by atoms with Crippen molar-refractivity contribution < 1.29 is 30.8 Å². The second-order valence-electron chi connectivity index (χ2n) is 8.27. The first-order valence-electron chi connectivity index (χ1n) is 9.83. The third-order valence-electron chi connectivity index (χ3n) is 4.63. The molecule has 164 valence electrons. The molecule has 0 aliphatic heterocycles. The van der Waals surface area contributed by atoms with Crippen molar-refractivity contribution in [3.63, 3.8) is 0 Å². The van der Waals surface area contributed by atoms with E-state index in [4.69, 9.17) is 9.52 Å². The van der Waals surface area contributed by atoms with E-state index in [-0.39, 0.29) is 33.4 Å². The summed E-state index contributed by atoms with van der Waals surface area (Å²) in [6, 6.07) is 19.6. The van der Waals surface area contributed by atoms with Crippen LogP contribution in [0.2, 0.25) is 0 Å². The Balaban J connectivity index is 0.000000373. The molecule has 0 amide bonds. The van der Waals surface area contributed by atoms with Gasteiger partial charge in [0, 0.05) is 34.2 Å². The summed E-state index contributed by atoms with van der Waals surface area (Å²) in [5.41, 5.74) is 4.91. The van der Waals surface area contributed by atoms with Crippen LogP contribution in [0.4, 0.5) is 0 Å². The number of furan rings is 1. The van der Waals surface area contributed by atoms with Crippen LogP contribution in [0.25, 0.3) is 33.2 Å². The molecule has 4 aromatic rings. The molecule has 5 heteroatoms. The fraction of sp³-hybridized carbons (Fsp3) is 0.231. The van der Waals surface area contributed by atoms with Gasteiger partial charge in [0.25, 0.3) is 0 Å². The predicted molar refractivity (Wildman–Crippen MR) is 122 cm³/mol. The number of hydrogen-bond acceptors (Lipinski definition) is 4. The van der Waals surface area contributed by atoms with Gasteiger partial charge in [-0.25, -0.2) is 0 Å². The largest absolute Gasteiger partial charge is 0.512 e. The van der Waals surface area contributed by atoms with E-state index in [2.05, 4.69) is 56.1 Å². The third kappa shape index (κ3) is 5.83. The average molecular weight is 459 g/mol. The van der Waals surface area contributed by atoms with Gasteiger partial charge in [0.2, 0.25) is 0 Å². The Morgan fingerprint density at radius 1 is 1.10 bits per heavy atom. The molecule has 4 nitrogen and oxygen atoms in total. The zero-order valence-electron chi connectivity index (χ0n) is 18.3. The van der Waals surface area contributed by atoms with Crippen LogP contribution in [0, 0.1) is 6.07 Å². The van der Waals surface area contributed by atoms with Crippen molar-refractivity contribution in [2.75, 3.05) is 0 Å². The number of rotatable bonds is 2. The van der Waals surface area contributed by atoms with Gasteiger partial charge >= 0.3 is 0 Å². The molecule has 0 fully saturated rings. The van der Waals surface area contributed by atoms with E-state index in [1.165, 1.54) is 25.5 Å². The first-order valence-corrected chi connectivity index (χ1v) is 9.83. The number of carbonyl (C=O) groups excluding carboxylic acids is 1. The van der Waals surface area contributed by atoms with Crippen molar-refractivity contribution in [3.05, 3.63) is 78.2 Å². The summed E-state index contributed by atoms with van der Waals surface area (Å²) in [5, 5.41) is 10.6. The van der Waals surface area contributed by atoms with Gasteiger partial charge in [-0.1, -0.05) is 56.0 Å². The van der Waals surface area contributed by atoms with Crippen LogP contribution in [0.3, 0.4) is 0 Å². The van der Waals surface area contributed by atoms with E-state index in [1.807, 2.05) is 30.5 Å². The van der Waals surface area contributed by atoms with E-state index in [9.17, 15) is 4.79 Å². The maximum absolute atomic E-state index is 10.0. The van der Waals surface area contributed by atoms with Gasteiger partial charge in [-0.15, -0.1) is 18.2 Å². The smallest absolute Gasteiger partial charge is 0.155 e. The van der Waals surface area contributed by atoms with E-state index in [1.54, 1.807) is 0 Å². The van der Waals surface area contributed by atoms with E-state index in [0.29, 0.717) is 0 Å². The topological polar surface area (TPSA) is 63.3 Å². The first kappa shape index (κ1) is 24.4. The number of allylic oxidation sites excluding steroid dienone is 2. The van der Waals surface area contributed by atoms with Crippen molar-refractivity contribution in [2.24, 2.45) is 0 Å². The summed E-state index contributed by atoms with van der Waals surface area (Å²) < 4.78 is 6.09. The molecular weight excluding hydrogens is 433 g/mol. The summed E-state index contributed by atoms with van der Waals surface area (Å²) in [5.74, 6) is -0.0625. The van der Waals surface area contributed by atoms with Gasteiger partial charge in [0.05, 0.1) is 11.3 Å². The van der Waals surface area contributed by atoms with Gasteiger partial charge in [-0.3, -0.25) is 4.79 Å². The molecule has 2 aromatic carbocycles. The van der Waals surface area contributed by atoms with Crippen molar-refractivity contribution in [3.8, 4) is 11.3 Å². The predicted octanol–water partition coefficient (Wildman–Crippen LogP) is 6.78. The van der Waals surface area contributed by atoms with Crippen LogP contribution in [0.1, 0.15) is 40.2 Å². The van der Waals surface area contributed by atoms with Gasteiger partial charge in [-0.05, 0) is 42.7 Å². The Kier molecular flexibility index (Phi) is 7.81. The number of carbonyl (C=O) groups is 1. The minimum atomic E-state index is -0.125. The van der Waals surface area contributed by atoms with Crippen molar-refractivity contribution in [2.45, 2.75) is 40.0 Å². The summed E-state index contributed by atoms with van der Waals surface area (Å²) in [4.78, 5) is 14.6. The number of pyridine rings is 1. The van der Waals surface area contributed by atoms with Crippen molar-refractivity contribution in [1.82, 2.24) is 4.98 Å². The Morgan fingerprint density at radius 3 is 2.42 bits per heavy atom. The number of aromatic nitrogens is 1. The number of ketones is 1. The fourth-order valence-corrected chi connectivity index (χ4v) is 3.21. The molecule has 0 bridgehead atoms. The summed E-state index contributed by atoms with van der Waals surface area (Å²) in [6.07, 6.45) is 3.03. The Hall–Kier alpha value is -2.91. The Bertz CT molecular complexity index is 1230. The summed E-state index contributed by atoms with van der Waals surface area (Å²) in [7, 11) is 0. The maximum atomic E-state index is 10.0. The average Bonchev–Trinajstić information content (AvgIpc) is 3.05. The molecule has 2 aromatic heterocycles. The van der Waals surface area contributed by atoms with Gasteiger partial charge in [-0.2, -0.15) is 0 Å².